The Balaban J connectivity index is 1.59. The summed E-state index contributed by atoms with van der Waals surface area (Å²) in [7, 11) is 4.62. The maximum atomic E-state index is 14.5. The number of aromatic nitrogens is 4. The minimum absolute atomic E-state index is 0.190. The third-order valence-electron chi connectivity index (χ3n) is 6.53. The molecule has 1 atom stereocenters. The van der Waals surface area contributed by atoms with Gasteiger partial charge in [-0.2, -0.15) is 4.52 Å². The number of carbonyl (C=O) groups is 1. The summed E-state index contributed by atoms with van der Waals surface area (Å²) in [6, 6.07) is 8.12. The van der Waals surface area contributed by atoms with E-state index in [1.54, 1.807) is 20.3 Å². The zero-order valence-electron chi connectivity index (χ0n) is 20.7. The van der Waals surface area contributed by atoms with Gasteiger partial charge in [-0.05, 0) is 31.0 Å². The zero-order chi connectivity index (χ0) is 26.1. The molecule has 0 saturated carbocycles. The minimum atomic E-state index is -0.969. The lowest BCUT2D eigenvalue weighted by atomic mass is 9.98. The Kier molecular flexibility index (Phi) is 6.55. The number of nitrogens with one attached hydrogen (secondary N) is 1. The molecule has 1 saturated heterocycles. The van der Waals surface area contributed by atoms with Gasteiger partial charge in [0.15, 0.2) is 11.5 Å². The number of methoxy groups -OCH3 is 3. The predicted molar refractivity (Wildman–Crippen MR) is 133 cm³/mol. The number of amides is 1. The first-order valence-electron chi connectivity index (χ1n) is 11.8. The second kappa shape index (κ2) is 9.96. The van der Waals surface area contributed by atoms with Gasteiger partial charge < -0.3 is 29.5 Å². The summed E-state index contributed by atoms with van der Waals surface area (Å²) in [5.41, 5.74) is 1.68. The highest BCUT2D eigenvalue weighted by Crippen LogP contribution is 2.33. The number of nitrogens with zero attached hydrogens (tertiary/aromatic N) is 5. The van der Waals surface area contributed by atoms with Crippen molar-refractivity contribution < 1.29 is 28.5 Å². The molecule has 2 aromatic heterocycles. The first-order chi connectivity index (χ1) is 17.9. The largest absolute Gasteiger partial charge is 0.497 e. The van der Waals surface area contributed by atoms with Crippen LogP contribution in [0.2, 0.25) is 0 Å². The van der Waals surface area contributed by atoms with Gasteiger partial charge in [0.25, 0.3) is 0 Å². The van der Waals surface area contributed by atoms with Gasteiger partial charge in [-0.3, -0.25) is 0 Å². The highest BCUT2D eigenvalue weighted by molar-refractivity contribution is 5.96. The second-order valence-corrected chi connectivity index (χ2v) is 8.74. The number of carboxylic acid groups (broad SMARTS) is 1. The Bertz CT molecular complexity index is 1480. The van der Waals surface area contributed by atoms with E-state index in [-0.39, 0.29) is 11.7 Å². The van der Waals surface area contributed by atoms with E-state index in [1.165, 1.54) is 28.7 Å². The van der Waals surface area contributed by atoms with Crippen LogP contribution in [0.5, 0.6) is 17.2 Å². The number of fused-ring (bicyclic) bond motifs is 3. The van der Waals surface area contributed by atoms with E-state index in [4.69, 9.17) is 29.3 Å². The predicted octanol–water partition coefficient (Wildman–Crippen LogP) is 3.91. The molecule has 0 unspecified atom stereocenters. The highest BCUT2D eigenvalue weighted by Gasteiger charge is 2.28. The van der Waals surface area contributed by atoms with E-state index < -0.39 is 11.9 Å². The second-order valence-electron chi connectivity index (χ2n) is 8.74. The summed E-state index contributed by atoms with van der Waals surface area (Å²) < 4.78 is 32.2. The average molecular weight is 511 g/mol. The van der Waals surface area contributed by atoms with Gasteiger partial charge in [-0.1, -0.05) is 0 Å². The van der Waals surface area contributed by atoms with Crippen molar-refractivity contribution in [3.8, 4) is 17.2 Å². The third-order valence-corrected chi connectivity index (χ3v) is 6.53. The molecule has 194 valence electrons. The highest BCUT2D eigenvalue weighted by atomic mass is 19.1. The van der Waals surface area contributed by atoms with Crippen LogP contribution in [-0.2, 0) is 6.54 Å². The fraction of sp³-hybridized carbons (Fsp3) is 0.360. The Labute approximate surface area is 211 Å². The van der Waals surface area contributed by atoms with Gasteiger partial charge in [0.05, 0.1) is 26.7 Å². The molecule has 0 radical (unpaired) electrons. The first kappa shape index (κ1) is 24.3. The Morgan fingerprint density at radius 1 is 1.14 bits per heavy atom. The monoisotopic (exact) mass is 510 g/mol. The topological polar surface area (TPSA) is 123 Å². The van der Waals surface area contributed by atoms with Crippen LogP contribution in [-0.4, -0.2) is 70.1 Å². The van der Waals surface area contributed by atoms with Gasteiger partial charge in [-0.25, -0.2) is 19.2 Å². The number of likely N-dealkylation sites (tertiary alicyclic amines) is 1. The smallest absolute Gasteiger partial charge is 0.407 e. The van der Waals surface area contributed by atoms with Crippen molar-refractivity contribution in [2.24, 2.45) is 0 Å². The summed E-state index contributed by atoms with van der Waals surface area (Å²) in [6.45, 7) is 1.11. The number of piperidine rings is 1. The number of hydrogen-bond donors (Lipinski definition) is 2. The van der Waals surface area contributed by atoms with Crippen molar-refractivity contribution >= 4 is 28.6 Å². The number of hydrogen-bond acceptors (Lipinski definition) is 8. The molecule has 2 N–H and O–H groups in total. The molecule has 11 nitrogen and oxygen atoms in total. The number of rotatable bonds is 7. The summed E-state index contributed by atoms with van der Waals surface area (Å²) in [5, 5.41) is 17.9. The van der Waals surface area contributed by atoms with E-state index >= 15 is 0 Å². The fourth-order valence-electron chi connectivity index (χ4n) is 4.64. The molecule has 5 rings (SSSR count). The summed E-state index contributed by atoms with van der Waals surface area (Å²) in [5.74, 6) is 1.74. The summed E-state index contributed by atoms with van der Waals surface area (Å²) >= 11 is 0. The lowest BCUT2D eigenvalue weighted by molar-refractivity contribution is 0.129. The molecule has 1 fully saturated rings. The van der Waals surface area contributed by atoms with Crippen LogP contribution in [0.25, 0.3) is 16.6 Å². The van der Waals surface area contributed by atoms with Gasteiger partial charge in [0.2, 0.25) is 5.95 Å². The fourth-order valence-corrected chi connectivity index (χ4v) is 4.64. The zero-order valence-corrected chi connectivity index (χ0v) is 20.7. The third kappa shape index (κ3) is 4.61. The van der Waals surface area contributed by atoms with Crippen LogP contribution in [0.15, 0.2) is 30.3 Å². The van der Waals surface area contributed by atoms with Crippen LogP contribution in [0.3, 0.4) is 0 Å². The molecule has 4 aromatic rings. The Hall–Kier alpha value is -4.35. The normalized spacial score (nSPS) is 15.7. The van der Waals surface area contributed by atoms with Crippen molar-refractivity contribution in [1.82, 2.24) is 24.5 Å². The van der Waals surface area contributed by atoms with E-state index in [0.29, 0.717) is 65.9 Å². The quantitative estimate of drug-likeness (QED) is 0.381. The number of benzene rings is 2. The summed E-state index contributed by atoms with van der Waals surface area (Å²) in [4.78, 5) is 22.4. The van der Waals surface area contributed by atoms with Gasteiger partial charge >= 0.3 is 6.09 Å². The van der Waals surface area contributed by atoms with E-state index in [9.17, 15) is 14.3 Å². The molecule has 1 aliphatic rings. The van der Waals surface area contributed by atoms with E-state index in [1.807, 2.05) is 12.1 Å². The molecule has 1 aliphatic heterocycles. The molecule has 12 heteroatoms. The van der Waals surface area contributed by atoms with Crippen molar-refractivity contribution in [3.05, 3.63) is 47.5 Å². The van der Waals surface area contributed by atoms with Crippen LogP contribution < -0.4 is 19.5 Å². The van der Waals surface area contributed by atoms with Crippen molar-refractivity contribution in [1.29, 1.82) is 0 Å². The molecule has 2 aromatic carbocycles. The van der Waals surface area contributed by atoms with Crippen molar-refractivity contribution in [2.75, 3.05) is 39.7 Å². The van der Waals surface area contributed by atoms with Crippen LogP contribution in [0, 0.1) is 5.82 Å². The lowest BCUT2D eigenvalue weighted by Crippen LogP contribution is -2.38. The molecule has 0 aliphatic carbocycles. The van der Waals surface area contributed by atoms with Crippen molar-refractivity contribution in [2.45, 2.75) is 25.3 Å². The number of halogens is 1. The van der Waals surface area contributed by atoms with Crippen molar-refractivity contribution in [3.63, 3.8) is 0 Å². The van der Waals surface area contributed by atoms with Gasteiger partial charge in [0.1, 0.15) is 28.6 Å². The number of anilines is 1. The molecule has 0 bridgehead atoms. The Morgan fingerprint density at radius 3 is 2.68 bits per heavy atom. The summed E-state index contributed by atoms with van der Waals surface area (Å²) in [6.07, 6.45) is 0.481. The molecule has 37 heavy (non-hydrogen) atoms. The molecular formula is C25H27FN6O5. The van der Waals surface area contributed by atoms with Crippen LogP contribution >= 0.6 is 0 Å². The SMILES string of the molecule is COc1ccc(CNc2nc3c(OC)cc(F)cc3c3nc([C@@H]4CCCN(C(=O)O)C4)nn23)c(OC)c1. The lowest BCUT2D eigenvalue weighted by Gasteiger charge is -2.28. The van der Waals surface area contributed by atoms with Crippen LogP contribution in [0.4, 0.5) is 15.1 Å². The van der Waals surface area contributed by atoms with E-state index in [2.05, 4.69) is 5.32 Å². The maximum Gasteiger partial charge on any atom is 0.407 e. The molecule has 1 amide bonds. The van der Waals surface area contributed by atoms with Gasteiger partial charge in [0, 0.05) is 43.2 Å². The van der Waals surface area contributed by atoms with Gasteiger partial charge in [-0.15, -0.1) is 5.10 Å². The standard InChI is InChI=1S/C25H27FN6O5/c1-35-17-7-6-14(19(11-17)36-2)12-27-24-28-21-18(9-16(26)10-20(21)37-3)23-29-22(30-32(23)24)15-5-4-8-31(13-15)25(33)34/h6-7,9-11,15H,4-5,8,12-13H2,1-3H3,(H,27,28)(H,33,34)/t15-/m1/s1. The Morgan fingerprint density at radius 2 is 1.95 bits per heavy atom. The van der Waals surface area contributed by atoms with E-state index in [0.717, 1.165) is 12.0 Å². The van der Waals surface area contributed by atoms with Crippen LogP contribution in [0.1, 0.15) is 30.1 Å². The maximum absolute atomic E-state index is 14.5. The first-order valence-corrected chi connectivity index (χ1v) is 11.8. The molecule has 0 spiro atoms. The average Bonchev–Trinajstić information content (AvgIpc) is 3.37. The number of ether oxygens (including phenoxy) is 3. The molecule has 3 heterocycles. The minimum Gasteiger partial charge on any atom is -0.497 e. The molecular weight excluding hydrogens is 483 g/mol.